The van der Waals surface area contributed by atoms with Crippen LogP contribution in [0.4, 0.5) is 0 Å². The van der Waals surface area contributed by atoms with Crippen LogP contribution in [0, 0.1) is 0 Å². The summed E-state index contributed by atoms with van der Waals surface area (Å²) in [6, 6.07) is 3.70. The Morgan fingerprint density at radius 2 is 1.83 bits per heavy atom. The van der Waals surface area contributed by atoms with E-state index in [1.54, 1.807) is 6.20 Å². The monoisotopic (exact) mass is 287 g/mol. The van der Waals surface area contributed by atoms with E-state index in [0.29, 0.717) is 14.9 Å². The molecule has 2 aromatic rings. The van der Waals surface area contributed by atoms with Crippen LogP contribution in [0.3, 0.4) is 0 Å². The quantitative estimate of drug-likeness (QED) is 0.748. The maximum atomic E-state index is 4.22. The van der Waals surface area contributed by atoms with Gasteiger partial charge >= 0.3 is 0 Å². The molecule has 3 nitrogen and oxygen atoms in total. The zero-order valence-electron chi connectivity index (χ0n) is 5.83. The summed E-state index contributed by atoms with van der Waals surface area (Å²) in [5, 5.41) is 0. The highest BCUT2D eigenvalue weighted by Gasteiger charge is 2.02. The maximum absolute atomic E-state index is 4.22. The second-order valence-corrected chi connectivity index (χ2v) is 3.65. The van der Waals surface area contributed by atoms with Gasteiger partial charge in [-0.05, 0) is 44.0 Å². The first kappa shape index (κ1) is 8.07. The zero-order chi connectivity index (χ0) is 8.55. The summed E-state index contributed by atoms with van der Waals surface area (Å²) >= 11 is 6.52. The Morgan fingerprint density at radius 3 is 2.67 bits per heavy atom. The second kappa shape index (κ2) is 3.06. The lowest BCUT2D eigenvalue weighted by molar-refractivity contribution is 1.16. The first-order chi connectivity index (χ1) is 5.77. The average molecular weight is 289 g/mol. The van der Waals surface area contributed by atoms with E-state index in [-0.39, 0.29) is 0 Å². The lowest BCUT2D eigenvalue weighted by atomic mass is 10.4. The predicted octanol–water partition coefficient (Wildman–Crippen LogP) is 2.55. The van der Waals surface area contributed by atoms with Crippen molar-refractivity contribution in [2.24, 2.45) is 0 Å². The van der Waals surface area contributed by atoms with E-state index in [1.807, 2.05) is 12.1 Å². The topological polar surface area (TPSA) is 38.7 Å². The molecule has 0 saturated carbocycles. The molecule has 5 heteroatoms. The van der Waals surface area contributed by atoms with E-state index in [2.05, 4.69) is 46.8 Å². The molecule has 0 saturated heterocycles. The van der Waals surface area contributed by atoms with Gasteiger partial charge in [0.2, 0.25) is 0 Å². The highest BCUT2D eigenvalue weighted by Crippen LogP contribution is 2.20. The fourth-order valence-corrected chi connectivity index (χ4v) is 1.39. The van der Waals surface area contributed by atoms with Crippen LogP contribution in [0.5, 0.6) is 0 Å². The molecule has 2 aromatic heterocycles. The highest BCUT2D eigenvalue weighted by molar-refractivity contribution is 9.13. The van der Waals surface area contributed by atoms with Crippen molar-refractivity contribution in [2.75, 3.05) is 0 Å². The van der Waals surface area contributed by atoms with E-state index in [1.165, 1.54) is 0 Å². The lowest BCUT2D eigenvalue weighted by Crippen LogP contribution is -1.88. The molecule has 0 fully saturated rings. The van der Waals surface area contributed by atoms with Gasteiger partial charge in [-0.2, -0.15) is 0 Å². The first-order valence-corrected chi connectivity index (χ1v) is 4.80. The summed E-state index contributed by atoms with van der Waals surface area (Å²) in [7, 11) is 0. The minimum Gasteiger partial charge on any atom is -0.235 e. The molecule has 2 heterocycles. The third-order valence-corrected chi connectivity index (χ3v) is 3.00. The molecular weight excluding hydrogens is 286 g/mol. The van der Waals surface area contributed by atoms with Gasteiger partial charge in [-0.3, -0.25) is 0 Å². The number of fused-ring (bicyclic) bond motifs is 1. The van der Waals surface area contributed by atoms with Crippen LogP contribution in [0.15, 0.2) is 27.5 Å². The third kappa shape index (κ3) is 1.34. The van der Waals surface area contributed by atoms with Crippen LogP contribution >= 0.6 is 31.9 Å². The molecular formula is C7H3Br2N3. The standard InChI is InChI=1S/C7H3Br2N3/c8-5-6(9)12-7-4(11-5)2-1-3-10-7/h1-3H. The van der Waals surface area contributed by atoms with Gasteiger partial charge in [0.1, 0.15) is 14.7 Å². The van der Waals surface area contributed by atoms with Gasteiger partial charge in [0.15, 0.2) is 5.65 Å². The van der Waals surface area contributed by atoms with Crippen LogP contribution in [-0.4, -0.2) is 15.0 Å². The number of hydrogen-bond acceptors (Lipinski definition) is 3. The normalized spacial score (nSPS) is 10.5. The van der Waals surface area contributed by atoms with Gasteiger partial charge in [-0.25, -0.2) is 15.0 Å². The van der Waals surface area contributed by atoms with Gasteiger partial charge in [0.05, 0.1) is 0 Å². The molecule has 0 aliphatic rings. The van der Waals surface area contributed by atoms with E-state index < -0.39 is 0 Å². The Balaban J connectivity index is 2.84. The summed E-state index contributed by atoms with van der Waals surface area (Å²) in [5.74, 6) is 0. The van der Waals surface area contributed by atoms with Gasteiger partial charge in [0, 0.05) is 6.20 Å². The molecule has 0 amide bonds. The molecule has 0 spiro atoms. The molecule has 60 valence electrons. The Bertz CT molecular complexity index is 389. The number of halogens is 2. The van der Waals surface area contributed by atoms with Crippen molar-refractivity contribution in [1.29, 1.82) is 0 Å². The minimum absolute atomic E-state index is 0.646. The van der Waals surface area contributed by atoms with Crippen LogP contribution in [0.2, 0.25) is 0 Å². The van der Waals surface area contributed by atoms with Crippen molar-refractivity contribution >= 4 is 43.0 Å². The minimum atomic E-state index is 0.646. The van der Waals surface area contributed by atoms with Gasteiger partial charge in [0.25, 0.3) is 0 Å². The average Bonchev–Trinajstić information content (AvgIpc) is 2.07. The highest BCUT2D eigenvalue weighted by atomic mass is 79.9. The second-order valence-electron chi connectivity index (χ2n) is 2.15. The number of pyridine rings is 1. The van der Waals surface area contributed by atoms with E-state index in [9.17, 15) is 0 Å². The molecule has 0 unspecified atom stereocenters. The number of hydrogen-bond donors (Lipinski definition) is 0. The van der Waals surface area contributed by atoms with Gasteiger partial charge in [-0.1, -0.05) is 0 Å². The number of rotatable bonds is 0. The Labute approximate surface area is 85.5 Å². The lowest BCUT2D eigenvalue weighted by Gasteiger charge is -1.96. The zero-order valence-corrected chi connectivity index (χ0v) is 9.00. The predicted molar refractivity (Wildman–Crippen MR) is 52.7 cm³/mol. The van der Waals surface area contributed by atoms with Crippen LogP contribution < -0.4 is 0 Å². The molecule has 0 aliphatic heterocycles. The summed E-state index contributed by atoms with van der Waals surface area (Å²) in [6.07, 6.45) is 1.69. The van der Waals surface area contributed by atoms with Crippen molar-refractivity contribution < 1.29 is 0 Å². The SMILES string of the molecule is Brc1nc2cccnc2nc1Br. The van der Waals surface area contributed by atoms with Crippen molar-refractivity contribution in [3.05, 3.63) is 27.5 Å². The van der Waals surface area contributed by atoms with E-state index in [4.69, 9.17) is 0 Å². The molecule has 0 aromatic carbocycles. The van der Waals surface area contributed by atoms with Crippen molar-refractivity contribution in [1.82, 2.24) is 15.0 Å². The molecule has 2 rings (SSSR count). The fourth-order valence-electron chi connectivity index (χ4n) is 0.853. The van der Waals surface area contributed by atoms with Gasteiger partial charge < -0.3 is 0 Å². The summed E-state index contributed by atoms with van der Waals surface area (Å²) in [6.45, 7) is 0. The first-order valence-electron chi connectivity index (χ1n) is 3.21. The molecule has 0 N–H and O–H groups in total. The molecule has 0 bridgehead atoms. The maximum Gasteiger partial charge on any atom is 0.179 e. The van der Waals surface area contributed by atoms with Crippen LogP contribution in [0.25, 0.3) is 11.2 Å². The van der Waals surface area contributed by atoms with Crippen molar-refractivity contribution in [3.8, 4) is 0 Å². The Morgan fingerprint density at radius 1 is 1.08 bits per heavy atom. The summed E-state index contributed by atoms with van der Waals surface area (Å²) < 4.78 is 1.37. The Hall–Kier alpha value is -0.550. The Kier molecular flexibility index (Phi) is 2.06. The van der Waals surface area contributed by atoms with Crippen LogP contribution in [0.1, 0.15) is 0 Å². The smallest absolute Gasteiger partial charge is 0.179 e. The number of aromatic nitrogens is 3. The molecule has 0 atom stereocenters. The summed E-state index contributed by atoms with van der Waals surface area (Å²) in [5.41, 5.74) is 1.43. The molecule has 12 heavy (non-hydrogen) atoms. The van der Waals surface area contributed by atoms with Gasteiger partial charge in [-0.15, -0.1) is 0 Å². The summed E-state index contributed by atoms with van der Waals surface area (Å²) in [4.78, 5) is 12.5. The van der Waals surface area contributed by atoms with Crippen molar-refractivity contribution in [2.45, 2.75) is 0 Å². The van der Waals surface area contributed by atoms with Crippen molar-refractivity contribution in [3.63, 3.8) is 0 Å². The van der Waals surface area contributed by atoms with Crippen LogP contribution in [-0.2, 0) is 0 Å². The molecule has 0 radical (unpaired) electrons. The largest absolute Gasteiger partial charge is 0.235 e. The molecule has 0 aliphatic carbocycles. The fraction of sp³-hybridized carbons (Fsp3) is 0. The third-order valence-electron chi connectivity index (χ3n) is 1.36. The van der Waals surface area contributed by atoms with E-state index in [0.717, 1.165) is 5.52 Å². The van der Waals surface area contributed by atoms with E-state index >= 15 is 0 Å². The number of nitrogens with zero attached hydrogens (tertiary/aromatic N) is 3.